The molecule has 1 saturated heterocycles. The Bertz CT molecular complexity index is 666. The van der Waals surface area contributed by atoms with Crippen LogP contribution in [0.15, 0.2) is 24.3 Å². The van der Waals surface area contributed by atoms with E-state index >= 15 is 0 Å². The van der Waals surface area contributed by atoms with Crippen molar-refractivity contribution in [2.75, 3.05) is 19.4 Å². The number of ether oxygens (including phenoxy) is 1. The van der Waals surface area contributed by atoms with Gasteiger partial charge in [0.05, 0.1) is 12.9 Å². The summed E-state index contributed by atoms with van der Waals surface area (Å²) in [4.78, 5) is 10.6. The van der Waals surface area contributed by atoms with Crippen LogP contribution in [0.25, 0.3) is 6.08 Å². The second-order valence-corrected chi connectivity index (χ2v) is 6.84. The van der Waals surface area contributed by atoms with E-state index in [4.69, 9.17) is 9.84 Å². The van der Waals surface area contributed by atoms with Gasteiger partial charge in [-0.2, -0.15) is 4.31 Å². The van der Waals surface area contributed by atoms with Crippen molar-refractivity contribution < 1.29 is 23.1 Å². The van der Waals surface area contributed by atoms with Gasteiger partial charge in [-0.25, -0.2) is 13.2 Å². The number of hydrogen-bond acceptors (Lipinski definition) is 4. The van der Waals surface area contributed by atoms with Crippen LogP contribution in [-0.4, -0.2) is 43.2 Å². The molecule has 0 aromatic heterocycles. The van der Waals surface area contributed by atoms with Crippen molar-refractivity contribution in [2.24, 2.45) is 0 Å². The van der Waals surface area contributed by atoms with Crippen LogP contribution in [0.1, 0.15) is 17.5 Å². The molecule has 1 fully saturated rings. The van der Waals surface area contributed by atoms with Gasteiger partial charge in [0.1, 0.15) is 5.75 Å². The molecule has 0 radical (unpaired) electrons. The van der Waals surface area contributed by atoms with Crippen LogP contribution in [0.5, 0.6) is 5.75 Å². The first-order valence-corrected chi connectivity index (χ1v) is 8.09. The number of carboxylic acids is 1. The highest BCUT2D eigenvalue weighted by Gasteiger charge is 2.28. The van der Waals surface area contributed by atoms with Gasteiger partial charge in [0.2, 0.25) is 10.0 Å². The number of rotatable bonds is 5. The summed E-state index contributed by atoms with van der Waals surface area (Å²) in [5.41, 5.74) is 1.40. The number of nitrogens with zero attached hydrogens (tertiary/aromatic N) is 1. The SMILES string of the molecule is COc1ccc(CN2CCCS2(=O)=O)cc1C=CC(=O)O. The third-order valence-corrected chi connectivity index (χ3v) is 5.16. The van der Waals surface area contributed by atoms with Crippen LogP contribution in [0, 0.1) is 0 Å². The Hall–Kier alpha value is -1.86. The third kappa shape index (κ3) is 3.83. The number of carboxylic acid groups (broad SMARTS) is 1. The third-order valence-electron chi connectivity index (χ3n) is 3.26. The lowest BCUT2D eigenvalue weighted by Crippen LogP contribution is -2.25. The van der Waals surface area contributed by atoms with Crippen LogP contribution in [0.4, 0.5) is 0 Å². The number of methoxy groups -OCH3 is 1. The highest BCUT2D eigenvalue weighted by molar-refractivity contribution is 7.89. The summed E-state index contributed by atoms with van der Waals surface area (Å²) in [7, 11) is -1.65. The molecule has 0 atom stereocenters. The van der Waals surface area contributed by atoms with Gasteiger partial charge in [-0.05, 0) is 30.2 Å². The van der Waals surface area contributed by atoms with Crippen molar-refractivity contribution in [1.82, 2.24) is 4.31 Å². The Labute approximate surface area is 123 Å². The number of benzene rings is 1. The molecule has 2 rings (SSSR count). The lowest BCUT2D eigenvalue weighted by atomic mass is 10.1. The topological polar surface area (TPSA) is 83.9 Å². The van der Waals surface area contributed by atoms with Crippen LogP contribution >= 0.6 is 0 Å². The molecule has 1 N–H and O–H groups in total. The van der Waals surface area contributed by atoms with Crippen molar-refractivity contribution in [3.8, 4) is 5.75 Å². The van der Waals surface area contributed by atoms with Crippen molar-refractivity contribution in [2.45, 2.75) is 13.0 Å². The largest absolute Gasteiger partial charge is 0.496 e. The normalized spacial score (nSPS) is 18.1. The summed E-state index contributed by atoms with van der Waals surface area (Å²) in [6.45, 7) is 0.814. The number of hydrogen-bond donors (Lipinski definition) is 1. The van der Waals surface area contributed by atoms with Gasteiger partial charge in [-0.3, -0.25) is 0 Å². The lowest BCUT2D eigenvalue weighted by molar-refractivity contribution is -0.131. The standard InChI is InChI=1S/C14H17NO5S/c1-20-13-5-3-11(9-12(13)4-6-14(16)17)10-15-7-2-8-21(15,18)19/h3-6,9H,2,7-8,10H2,1H3,(H,16,17). The lowest BCUT2D eigenvalue weighted by Gasteiger charge is -2.15. The van der Waals surface area contributed by atoms with E-state index in [0.717, 1.165) is 11.6 Å². The summed E-state index contributed by atoms with van der Waals surface area (Å²) in [6, 6.07) is 5.23. The average molecular weight is 311 g/mol. The van der Waals surface area contributed by atoms with Gasteiger partial charge in [0.15, 0.2) is 0 Å². The van der Waals surface area contributed by atoms with Gasteiger partial charge in [0.25, 0.3) is 0 Å². The average Bonchev–Trinajstić information content (AvgIpc) is 2.76. The molecule has 1 aliphatic heterocycles. The molecule has 0 amide bonds. The fourth-order valence-electron chi connectivity index (χ4n) is 2.25. The quantitative estimate of drug-likeness (QED) is 0.829. The molecule has 0 saturated carbocycles. The highest BCUT2D eigenvalue weighted by atomic mass is 32.2. The van der Waals surface area contributed by atoms with Crippen LogP contribution in [0.3, 0.4) is 0 Å². The maximum absolute atomic E-state index is 11.8. The minimum Gasteiger partial charge on any atom is -0.496 e. The van der Waals surface area contributed by atoms with E-state index in [-0.39, 0.29) is 5.75 Å². The second kappa shape index (κ2) is 6.28. The van der Waals surface area contributed by atoms with Crippen molar-refractivity contribution in [3.63, 3.8) is 0 Å². The first kappa shape index (κ1) is 15.5. The summed E-state index contributed by atoms with van der Waals surface area (Å²) >= 11 is 0. The Morgan fingerprint density at radius 2 is 2.24 bits per heavy atom. The van der Waals surface area contributed by atoms with Crippen LogP contribution in [0.2, 0.25) is 0 Å². The fourth-order valence-corrected chi connectivity index (χ4v) is 3.75. The summed E-state index contributed by atoms with van der Waals surface area (Å²) in [5.74, 6) is -0.320. The van der Waals surface area contributed by atoms with Crippen LogP contribution < -0.4 is 4.74 Å². The van der Waals surface area contributed by atoms with E-state index in [1.165, 1.54) is 17.5 Å². The van der Waals surface area contributed by atoms with Gasteiger partial charge in [0, 0.05) is 24.7 Å². The highest BCUT2D eigenvalue weighted by Crippen LogP contribution is 2.24. The van der Waals surface area contributed by atoms with E-state index in [1.54, 1.807) is 18.2 Å². The first-order valence-electron chi connectivity index (χ1n) is 6.48. The Morgan fingerprint density at radius 3 is 2.81 bits per heavy atom. The predicted octanol–water partition coefficient (Wildman–Crippen LogP) is 1.33. The van der Waals surface area contributed by atoms with E-state index in [2.05, 4.69) is 0 Å². The molecular formula is C14H17NO5S. The minimum absolute atomic E-state index is 0.189. The van der Waals surface area contributed by atoms with Gasteiger partial charge >= 0.3 is 5.97 Å². The van der Waals surface area contributed by atoms with E-state index in [9.17, 15) is 13.2 Å². The fraction of sp³-hybridized carbons (Fsp3) is 0.357. The zero-order valence-corrected chi connectivity index (χ0v) is 12.5. The molecular weight excluding hydrogens is 294 g/mol. The van der Waals surface area contributed by atoms with E-state index < -0.39 is 16.0 Å². The smallest absolute Gasteiger partial charge is 0.328 e. The molecule has 1 aromatic rings. The second-order valence-electron chi connectivity index (χ2n) is 4.75. The number of sulfonamides is 1. The maximum Gasteiger partial charge on any atom is 0.328 e. The summed E-state index contributed by atoms with van der Waals surface area (Å²) < 4.78 is 30.2. The molecule has 7 heteroatoms. The summed E-state index contributed by atoms with van der Waals surface area (Å²) in [5, 5.41) is 8.69. The van der Waals surface area contributed by atoms with Gasteiger partial charge in [-0.15, -0.1) is 0 Å². The molecule has 0 bridgehead atoms. The van der Waals surface area contributed by atoms with Crippen molar-refractivity contribution in [1.29, 1.82) is 0 Å². The molecule has 1 aromatic carbocycles. The van der Waals surface area contributed by atoms with Gasteiger partial charge in [-0.1, -0.05) is 6.07 Å². The molecule has 1 heterocycles. The predicted molar refractivity (Wildman–Crippen MR) is 78.5 cm³/mol. The first-order chi connectivity index (χ1) is 9.92. The zero-order valence-electron chi connectivity index (χ0n) is 11.7. The zero-order chi connectivity index (χ0) is 15.5. The number of carbonyl (C=O) groups is 1. The molecule has 114 valence electrons. The molecule has 0 unspecified atom stereocenters. The molecule has 0 aliphatic carbocycles. The molecule has 0 spiro atoms. The van der Waals surface area contributed by atoms with Crippen molar-refractivity contribution >= 4 is 22.1 Å². The Kier molecular flexibility index (Phi) is 4.64. The monoisotopic (exact) mass is 311 g/mol. The molecule has 21 heavy (non-hydrogen) atoms. The van der Waals surface area contributed by atoms with E-state index in [1.807, 2.05) is 0 Å². The molecule has 1 aliphatic rings. The Balaban J connectivity index is 2.25. The Morgan fingerprint density at radius 1 is 1.48 bits per heavy atom. The van der Waals surface area contributed by atoms with Crippen LogP contribution in [-0.2, 0) is 21.4 Å². The van der Waals surface area contributed by atoms with E-state index in [0.29, 0.717) is 30.8 Å². The maximum atomic E-state index is 11.8. The van der Waals surface area contributed by atoms with Gasteiger partial charge < -0.3 is 9.84 Å². The minimum atomic E-state index is -3.15. The summed E-state index contributed by atoms with van der Waals surface area (Å²) in [6.07, 6.45) is 3.10. The number of aliphatic carboxylic acids is 1. The van der Waals surface area contributed by atoms with Crippen molar-refractivity contribution in [3.05, 3.63) is 35.4 Å². The molecule has 6 nitrogen and oxygen atoms in total.